The molecule has 1 aromatic rings. The van der Waals surface area contributed by atoms with Gasteiger partial charge in [-0.3, -0.25) is 0 Å². The summed E-state index contributed by atoms with van der Waals surface area (Å²) in [5.74, 6) is -6.57. The quantitative estimate of drug-likeness (QED) is 0.636. The van der Waals surface area contributed by atoms with Gasteiger partial charge in [-0.25, -0.2) is 0 Å². The summed E-state index contributed by atoms with van der Waals surface area (Å²) in [4.78, 5) is 2.46. The van der Waals surface area contributed by atoms with Crippen molar-refractivity contribution in [2.24, 2.45) is 0 Å². The van der Waals surface area contributed by atoms with Crippen LogP contribution in [0.3, 0.4) is 0 Å². The Labute approximate surface area is 102 Å². The topological polar surface area (TPSA) is 45.1 Å². The smallest absolute Gasteiger partial charge is 0.253 e. The predicted octanol–water partition coefficient (Wildman–Crippen LogP) is 2.60. The summed E-state index contributed by atoms with van der Waals surface area (Å²) in [6.45, 7) is 3.07. The predicted molar refractivity (Wildman–Crippen MR) is 58.1 cm³/mol. The zero-order valence-electron chi connectivity index (χ0n) is 10.0. The molecule has 0 saturated carbocycles. The average Bonchev–Trinajstić information content (AvgIpc) is 2.33. The van der Waals surface area contributed by atoms with Gasteiger partial charge in [0.2, 0.25) is 11.6 Å². The van der Waals surface area contributed by atoms with E-state index in [1.807, 2.05) is 0 Å². The van der Waals surface area contributed by atoms with Crippen LogP contribution in [0.15, 0.2) is 0 Å². The van der Waals surface area contributed by atoms with Crippen molar-refractivity contribution >= 4 is 5.69 Å². The first-order chi connectivity index (χ1) is 8.34. The molecule has 0 bridgehead atoms. The first-order valence-corrected chi connectivity index (χ1v) is 5.43. The van der Waals surface area contributed by atoms with Gasteiger partial charge in [0, 0.05) is 12.1 Å². The van der Waals surface area contributed by atoms with E-state index in [9.17, 15) is 17.6 Å². The van der Waals surface area contributed by atoms with Crippen molar-refractivity contribution in [3.05, 3.63) is 23.5 Å². The van der Waals surface area contributed by atoms with E-state index in [4.69, 9.17) is 5.11 Å². The van der Waals surface area contributed by atoms with E-state index in [0.717, 1.165) is 0 Å². The summed E-state index contributed by atoms with van der Waals surface area (Å²) in [6, 6.07) is 0. The highest BCUT2D eigenvalue weighted by molar-refractivity contribution is 5.47. The molecule has 1 aromatic heterocycles. The van der Waals surface area contributed by atoms with Gasteiger partial charge in [0.1, 0.15) is 5.69 Å². The maximum Gasteiger partial charge on any atom is 0.253 e. The monoisotopic (exact) mass is 266 g/mol. The van der Waals surface area contributed by atoms with Crippen LogP contribution in [-0.4, -0.2) is 22.2 Å². The molecule has 1 atom stereocenters. The molecule has 2 N–H and O–H groups in total. The Bertz CT molecular complexity index is 415. The third-order valence-electron chi connectivity index (χ3n) is 2.87. The number of hydrogen-bond acceptors (Lipinski definition) is 3. The number of aliphatic hydroxyl groups is 1. The highest BCUT2D eigenvalue weighted by atomic mass is 19.2. The normalized spacial score (nSPS) is 14.4. The number of nitrogens with zero attached hydrogens (tertiary/aromatic N) is 1. The Morgan fingerprint density at radius 3 is 2.06 bits per heavy atom. The molecule has 1 heterocycles. The van der Waals surface area contributed by atoms with Gasteiger partial charge in [-0.05, 0) is 19.8 Å². The fourth-order valence-electron chi connectivity index (χ4n) is 1.47. The van der Waals surface area contributed by atoms with Crippen molar-refractivity contribution in [2.75, 3.05) is 11.9 Å². The summed E-state index contributed by atoms with van der Waals surface area (Å²) in [6.07, 6.45) is 0.575. The third kappa shape index (κ3) is 2.90. The van der Waals surface area contributed by atoms with Gasteiger partial charge in [-0.1, -0.05) is 6.92 Å². The molecule has 0 spiro atoms. The Balaban J connectivity index is 3.17. The van der Waals surface area contributed by atoms with Crippen molar-refractivity contribution in [2.45, 2.75) is 32.2 Å². The lowest BCUT2D eigenvalue weighted by Crippen LogP contribution is -2.36. The lowest BCUT2D eigenvalue weighted by Gasteiger charge is -2.30. The molecule has 0 aliphatic carbocycles. The largest absolute Gasteiger partial charge is 0.396 e. The molecule has 1 rings (SSSR count). The van der Waals surface area contributed by atoms with Gasteiger partial charge in [0.15, 0.2) is 0 Å². The fraction of sp³-hybridized carbons (Fsp3) is 0.545. The van der Waals surface area contributed by atoms with E-state index in [-0.39, 0.29) is 13.0 Å². The Morgan fingerprint density at radius 2 is 1.67 bits per heavy atom. The second kappa shape index (κ2) is 5.51. The van der Waals surface area contributed by atoms with E-state index >= 15 is 0 Å². The molecule has 1 unspecified atom stereocenters. The van der Waals surface area contributed by atoms with Gasteiger partial charge in [0.05, 0.1) is 0 Å². The Kier molecular flexibility index (Phi) is 4.50. The minimum atomic E-state index is -1.71. The molecular weight excluding hydrogens is 252 g/mol. The van der Waals surface area contributed by atoms with Gasteiger partial charge >= 0.3 is 0 Å². The van der Waals surface area contributed by atoms with Crippen molar-refractivity contribution in [1.29, 1.82) is 0 Å². The number of halogens is 4. The number of anilines is 1. The Hall–Kier alpha value is -1.37. The standard InChI is InChI=1S/C11H14F4N2O/c1-3-11(2,4-5-18)17-8-6(12)9(14)16-10(15)7(8)13/h18H,3-5H2,1-2H3,(H,16,17). The molecule has 0 radical (unpaired) electrons. The van der Waals surface area contributed by atoms with Crippen LogP contribution in [-0.2, 0) is 0 Å². The first kappa shape index (κ1) is 14.7. The van der Waals surface area contributed by atoms with Crippen molar-refractivity contribution in [3.8, 4) is 0 Å². The average molecular weight is 266 g/mol. The van der Waals surface area contributed by atoms with Crippen LogP contribution < -0.4 is 5.32 Å². The van der Waals surface area contributed by atoms with Crippen LogP contribution in [0.2, 0.25) is 0 Å². The van der Waals surface area contributed by atoms with Crippen LogP contribution in [0.25, 0.3) is 0 Å². The molecule has 3 nitrogen and oxygen atoms in total. The second-order valence-electron chi connectivity index (χ2n) is 4.21. The lowest BCUT2D eigenvalue weighted by atomic mass is 9.94. The number of aromatic nitrogens is 1. The van der Waals surface area contributed by atoms with Crippen molar-refractivity contribution < 1.29 is 22.7 Å². The minimum Gasteiger partial charge on any atom is -0.396 e. The maximum atomic E-state index is 13.4. The van der Waals surface area contributed by atoms with E-state index in [1.54, 1.807) is 13.8 Å². The first-order valence-electron chi connectivity index (χ1n) is 5.43. The summed E-state index contributed by atoms with van der Waals surface area (Å²) >= 11 is 0. The van der Waals surface area contributed by atoms with E-state index in [2.05, 4.69) is 10.3 Å². The molecule has 0 amide bonds. The van der Waals surface area contributed by atoms with Gasteiger partial charge in [-0.2, -0.15) is 22.5 Å². The molecule has 18 heavy (non-hydrogen) atoms. The zero-order valence-corrected chi connectivity index (χ0v) is 10.0. The van der Waals surface area contributed by atoms with Crippen molar-refractivity contribution in [1.82, 2.24) is 4.98 Å². The fourth-order valence-corrected chi connectivity index (χ4v) is 1.47. The van der Waals surface area contributed by atoms with E-state index < -0.39 is 34.8 Å². The van der Waals surface area contributed by atoms with Gasteiger partial charge in [0.25, 0.3) is 11.9 Å². The van der Waals surface area contributed by atoms with Crippen LogP contribution in [0.4, 0.5) is 23.2 Å². The number of hydrogen-bond donors (Lipinski definition) is 2. The Morgan fingerprint density at radius 1 is 1.17 bits per heavy atom. The lowest BCUT2D eigenvalue weighted by molar-refractivity contribution is 0.251. The summed E-state index contributed by atoms with van der Waals surface area (Å²) in [5, 5.41) is 11.3. The highest BCUT2D eigenvalue weighted by Gasteiger charge is 2.28. The van der Waals surface area contributed by atoms with Crippen molar-refractivity contribution in [3.63, 3.8) is 0 Å². The number of rotatable bonds is 5. The van der Waals surface area contributed by atoms with Gasteiger partial charge < -0.3 is 10.4 Å². The van der Waals surface area contributed by atoms with Gasteiger partial charge in [-0.15, -0.1) is 0 Å². The summed E-state index contributed by atoms with van der Waals surface area (Å²) < 4.78 is 52.6. The van der Waals surface area contributed by atoms with E-state index in [1.165, 1.54) is 0 Å². The van der Waals surface area contributed by atoms with Crippen LogP contribution in [0.1, 0.15) is 26.7 Å². The molecule has 7 heteroatoms. The third-order valence-corrected chi connectivity index (χ3v) is 2.87. The summed E-state index contributed by atoms with van der Waals surface area (Å²) in [7, 11) is 0. The molecular formula is C11H14F4N2O. The molecule has 102 valence electrons. The van der Waals surface area contributed by atoms with Crippen LogP contribution >= 0.6 is 0 Å². The molecule has 0 aliphatic heterocycles. The number of nitrogens with one attached hydrogen (secondary N) is 1. The summed E-state index contributed by atoms with van der Waals surface area (Å²) in [5.41, 5.74) is -1.78. The van der Waals surface area contributed by atoms with Crippen LogP contribution in [0, 0.1) is 23.5 Å². The maximum absolute atomic E-state index is 13.4. The SMILES string of the molecule is CCC(C)(CCO)Nc1c(F)c(F)nc(F)c1F. The molecule has 0 saturated heterocycles. The number of aliphatic hydroxyl groups excluding tert-OH is 1. The van der Waals surface area contributed by atoms with E-state index in [0.29, 0.717) is 6.42 Å². The molecule has 0 aliphatic rings. The minimum absolute atomic E-state index is 0.175. The molecule has 0 aromatic carbocycles. The number of pyridine rings is 1. The molecule has 0 fully saturated rings. The highest BCUT2D eigenvalue weighted by Crippen LogP contribution is 2.28. The van der Waals surface area contributed by atoms with Crippen LogP contribution in [0.5, 0.6) is 0 Å². The zero-order chi connectivity index (χ0) is 13.9. The second-order valence-corrected chi connectivity index (χ2v) is 4.21.